The van der Waals surface area contributed by atoms with E-state index in [0.717, 1.165) is 0 Å². The van der Waals surface area contributed by atoms with Gasteiger partial charge in [0, 0.05) is 17.8 Å². The average molecular weight is 328 g/mol. The van der Waals surface area contributed by atoms with Crippen molar-refractivity contribution in [2.24, 2.45) is 0 Å². The second-order valence-electron chi connectivity index (χ2n) is 5.51. The van der Waals surface area contributed by atoms with Crippen LogP contribution in [0.4, 0.5) is 10.1 Å². The molecule has 0 radical (unpaired) electrons. The molecule has 1 heterocycles. The Kier molecular flexibility index (Phi) is 4.46. The number of benzene rings is 2. The smallest absolute Gasteiger partial charge is 0.252 e. The first-order valence-corrected chi connectivity index (χ1v) is 7.60. The molecule has 0 saturated carbocycles. The molecule has 1 atom stereocenters. The molecule has 0 aromatic heterocycles. The fourth-order valence-corrected chi connectivity index (χ4v) is 2.70. The van der Waals surface area contributed by atoms with Gasteiger partial charge in [0.1, 0.15) is 17.6 Å². The van der Waals surface area contributed by atoms with E-state index in [0.29, 0.717) is 30.0 Å². The summed E-state index contributed by atoms with van der Waals surface area (Å²) in [6.07, 6.45) is 0.506. The van der Waals surface area contributed by atoms with Gasteiger partial charge in [-0.2, -0.15) is 0 Å². The molecular formula is C18H17FN2O3. The molecule has 2 aromatic carbocycles. The molecule has 3 rings (SSSR count). The van der Waals surface area contributed by atoms with Crippen LogP contribution in [0, 0.1) is 5.82 Å². The van der Waals surface area contributed by atoms with Crippen LogP contribution in [0.2, 0.25) is 0 Å². The van der Waals surface area contributed by atoms with Gasteiger partial charge >= 0.3 is 0 Å². The number of hydrogen-bond acceptors (Lipinski definition) is 3. The van der Waals surface area contributed by atoms with Crippen LogP contribution >= 0.6 is 0 Å². The van der Waals surface area contributed by atoms with Gasteiger partial charge in [0.2, 0.25) is 5.91 Å². The lowest BCUT2D eigenvalue weighted by Gasteiger charge is -2.17. The van der Waals surface area contributed by atoms with Crippen LogP contribution in [0.1, 0.15) is 16.8 Å². The summed E-state index contributed by atoms with van der Waals surface area (Å²) in [6, 6.07) is 11.9. The van der Waals surface area contributed by atoms with Crippen molar-refractivity contribution in [2.45, 2.75) is 12.5 Å². The topological polar surface area (TPSA) is 58.6 Å². The summed E-state index contributed by atoms with van der Waals surface area (Å²) in [5, 5.41) is 2.75. The van der Waals surface area contributed by atoms with E-state index < -0.39 is 6.04 Å². The van der Waals surface area contributed by atoms with Crippen LogP contribution in [0.15, 0.2) is 48.5 Å². The van der Waals surface area contributed by atoms with Crippen LogP contribution in [0.3, 0.4) is 0 Å². The molecule has 1 aliphatic rings. The number of hydrogen-bond donors (Lipinski definition) is 1. The third-order valence-corrected chi connectivity index (χ3v) is 3.98. The van der Waals surface area contributed by atoms with Crippen molar-refractivity contribution in [2.75, 3.05) is 18.6 Å². The number of nitrogens with one attached hydrogen (secondary N) is 1. The molecule has 1 aliphatic heterocycles. The lowest BCUT2D eigenvalue weighted by atomic mass is 10.1. The van der Waals surface area contributed by atoms with Gasteiger partial charge in [0.15, 0.2) is 0 Å². The quantitative estimate of drug-likeness (QED) is 0.937. The van der Waals surface area contributed by atoms with Gasteiger partial charge in [-0.3, -0.25) is 9.59 Å². The largest absolute Gasteiger partial charge is 0.497 e. The van der Waals surface area contributed by atoms with Crippen LogP contribution in [0.5, 0.6) is 5.75 Å². The molecule has 1 saturated heterocycles. The minimum Gasteiger partial charge on any atom is -0.497 e. The third kappa shape index (κ3) is 3.22. The van der Waals surface area contributed by atoms with Crippen molar-refractivity contribution >= 4 is 17.5 Å². The van der Waals surface area contributed by atoms with E-state index >= 15 is 0 Å². The molecule has 0 unspecified atom stereocenters. The fourth-order valence-electron chi connectivity index (χ4n) is 2.70. The fraction of sp³-hybridized carbons (Fsp3) is 0.222. The summed E-state index contributed by atoms with van der Waals surface area (Å²) in [5.74, 6) is -0.298. The summed E-state index contributed by atoms with van der Waals surface area (Å²) in [5.41, 5.74) is 1.06. The molecule has 2 aromatic rings. The van der Waals surface area contributed by atoms with E-state index in [4.69, 9.17) is 4.74 Å². The zero-order valence-electron chi connectivity index (χ0n) is 13.2. The molecule has 0 aliphatic carbocycles. The van der Waals surface area contributed by atoms with Crippen molar-refractivity contribution in [1.29, 1.82) is 0 Å². The normalized spacial score (nSPS) is 17.0. The Balaban J connectivity index is 1.69. The van der Waals surface area contributed by atoms with Crippen molar-refractivity contribution < 1.29 is 18.7 Å². The Morgan fingerprint density at radius 2 is 2.00 bits per heavy atom. The first kappa shape index (κ1) is 16.0. The van der Waals surface area contributed by atoms with Gasteiger partial charge in [-0.15, -0.1) is 0 Å². The molecular weight excluding hydrogens is 311 g/mol. The number of carbonyl (C=O) groups is 2. The number of halogens is 1. The Morgan fingerprint density at radius 3 is 2.71 bits per heavy atom. The van der Waals surface area contributed by atoms with E-state index in [-0.39, 0.29) is 17.6 Å². The van der Waals surface area contributed by atoms with E-state index in [9.17, 15) is 14.0 Å². The van der Waals surface area contributed by atoms with Gasteiger partial charge in [0.25, 0.3) is 5.91 Å². The van der Waals surface area contributed by atoms with Crippen LogP contribution in [-0.4, -0.2) is 31.5 Å². The predicted molar refractivity (Wildman–Crippen MR) is 87.6 cm³/mol. The van der Waals surface area contributed by atoms with E-state index in [2.05, 4.69) is 5.32 Å². The Bertz CT molecular complexity index is 761. The van der Waals surface area contributed by atoms with Gasteiger partial charge in [-0.25, -0.2) is 4.39 Å². The summed E-state index contributed by atoms with van der Waals surface area (Å²) in [7, 11) is 1.53. The first-order chi connectivity index (χ1) is 11.6. The van der Waals surface area contributed by atoms with E-state index in [1.54, 1.807) is 41.3 Å². The monoisotopic (exact) mass is 328 g/mol. The Morgan fingerprint density at radius 1 is 1.25 bits per heavy atom. The molecule has 24 heavy (non-hydrogen) atoms. The Hall–Kier alpha value is -2.89. The minimum atomic E-state index is -0.589. The average Bonchev–Trinajstić information content (AvgIpc) is 2.96. The number of methoxy groups -OCH3 is 1. The lowest BCUT2D eigenvalue weighted by Crippen LogP contribution is -2.41. The standard InChI is InChI=1S/C18H17FN2O3/c1-24-15-4-2-3-12(11-15)17(22)20-16-9-10-21(18(16)23)14-7-5-13(19)6-8-14/h2-8,11,16H,9-10H2,1H3,(H,20,22)/t16-/m1/s1. The summed E-state index contributed by atoms with van der Waals surface area (Å²) in [6.45, 7) is 0.480. The van der Waals surface area contributed by atoms with Gasteiger partial charge in [0.05, 0.1) is 7.11 Å². The minimum absolute atomic E-state index is 0.196. The second-order valence-corrected chi connectivity index (χ2v) is 5.51. The molecule has 2 amide bonds. The molecule has 5 nitrogen and oxygen atoms in total. The number of carbonyl (C=O) groups excluding carboxylic acids is 2. The molecule has 1 fully saturated rings. The number of anilines is 1. The number of ether oxygens (including phenoxy) is 1. The van der Waals surface area contributed by atoms with Crippen molar-refractivity contribution in [3.05, 3.63) is 59.9 Å². The highest BCUT2D eigenvalue weighted by Gasteiger charge is 2.33. The predicted octanol–water partition coefficient (Wildman–Crippen LogP) is 2.37. The van der Waals surface area contributed by atoms with Gasteiger partial charge < -0.3 is 15.0 Å². The third-order valence-electron chi connectivity index (χ3n) is 3.98. The summed E-state index contributed by atoms with van der Waals surface area (Å²) >= 11 is 0. The molecule has 0 spiro atoms. The van der Waals surface area contributed by atoms with Crippen LogP contribution in [-0.2, 0) is 4.79 Å². The zero-order chi connectivity index (χ0) is 17.1. The number of rotatable bonds is 4. The maximum atomic E-state index is 13.0. The highest BCUT2D eigenvalue weighted by atomic mass is 19.1. The molecule has 1 N–H and O–H groups in total. The van der Waals surface area contributed by atoms with Crippen molar-refractivity contribution in [1.82, 2.24) is 5.32 Å². The maximum Gasteiger partial charge on any atom is 0.252 e. The van der Waals surface area contributed by atoms with Crippen molar-refractivity contribution in [3.8, 4) is 5.75 Å². The number of amides is 2. The van der Waals surface area contributed by atoms with Gasteiger partial charge in [-0.1, -0.05) is 6.07 Å². The number of nitrogens with zero attached hydrogens (tertiary/aromatic N) is 1. The van der Waals surface area contributed by atoms with E-state index in [1.165, 1.54) is 19.2 Å². The highest BCUT2D eigenvalue weighted by molar-refractivity contribution is 6.04. The molecule has 0 bridgehead atoms. The van der Waals surface area contributed by atoms with E-state index in [1.807, 2.05) is 0 Å². The van der Waals surface area contributed by atoms with Gasteiger partial charge in [-0.05, 0) is 48.9 Å². The van der Waals surface area contributed by atoms with Crippen LogP contribution < -0.4 is 15.0 Å². The SMILES string of the molecule is COc1cccc(C(=O)N[C@@H]2CCN(c3ccc(F)cc3)C2=O)c1. The highest BCUT2D eigenvalue weighted by Crippen LogP contribution is 2.22. The van der Waals surface area contributed by atoms with Crippen molar-refractivity contribution in [3.63, 3.8) is 0 Å². The molecule has 124 valence electrons. The zero-order valence-corrected chi connectivity index (χ0v) is 13.2. The molecule has 6 heteroatoms. The first-order valence-electron chi connectivity index (χ1n) is 7.60. The second kappa shape index (κ2) is 6.70. The summed E-state index contributed by atoms with van der Waals surface area (Å²) < 4.78 is 18.1. The maximum absolute atomic E-state index is 13.0. The lowest BCUT2D eigenvalue weighted by molar-refractivity contribution is -0.118. The Labute approximate surface area is 139 Å². The summed E-state index contributed by atoms with van der Waals surface area (Å²) in [4.78, 5) is 26.3. The van der Waals surface area contributed by atoms with Crippen LogP contribution in [0.25, 0.3) is 0 Å².